The molecular weight excluding hydrogens is 338 g/mol. The largest absolute Gasteiger partial charge is 0.477 e. The van der Waals surface area contributed by atoms with Crippen LogP contribution in [0.1, 0.15) is 11.1 Å². The molecule has 0 spiro atoms. The number of hydrogen-bond acceptors (Lipinski definition) is 4. The summed E-state index contributed by atoms with van der Waals surface area (Å²) in [6.07, 6.45) is 2.95. The maximum Gasteiger partial charge on any atom is 0.354 e. The molecule has 0 radical (unpaired) electrons. The quantitative estimate of drug-likeness (QED) is 0.734. The zero-order valence-corrected chi connectivity index (χ0v) is 13.8. The van der Waals surface area contributed by atoms with Gasteiger partial charge in [-0.1, -0.05) is 54.1 Å². The van der Waals surface area contributed by atoms with Crippen LogP contribution in [0, 0.1) is 5.41 Å². The molecular formula is C19H14ClN3O2. The van der Waals surface area contributed by atoms with Gasteiger partial charge in [0.05, 0.1) is 5.71 Å². The van der Waals surface area contributed by atoms with Gasteiger partial charge in [-0.3, -0.25) is 0 Å². The molecule has 0 bridgehead atoms. The molecule has 6 heteroatoms. The predicted molar refractivity (Wildman–Crippen MR) is 99.0 cm³/mol. The van der Waals surface area contributed by atoms with Crippen LogP contribution in [0.4, 0.5) is 0 Å². The highest BCUT2D eigenvalue weighted by Crippen LogP contribution is 2.20. The van der Waals surface area contributed by atoms with Gasteiger partial charge in [-0.25, -0.2) is 9.79 Å². The topological polar surface area (TPSA) is 85.5 Å². The van der Waals surface area contributed by atoms with Gasteiger partial charge in [-0.2, -0.15) is 0 Å². The number of aliphatic carboxylic acids is 1. The van der Waals surface area contributed by atoms with E-state index in [1.165, 1.54) is 12.2 Å². The minimum absolute atomic E-state index is 0.101. The van der Waals surface area contributed by atoms with Crippen LogP contribution in [0.15, 0.2) is 77.6 Å². The number of carboxylic acids is 1. The number of nitrogens with zero attached hydrogens (tertiary/aromatic N) is 1. The molecule has 0 fully saturated rings. The second-order valence-corrected chi connectivity index (χ2v) is 5.74. The third kappa shape index (κ3) is 4.02. The van der Waals surface area contributed by atoms with Crippen LogP contribution in [0.25, 0.3) is 5.70 Å². The smallest absolute Gasteiger partial charge is 0.354 e. The molecule has 0 atom stereocenters. The number of carbonyl (C=O) groups is 1. The van der Waals surface area contributed by atoms with E-state index in [4.69, 9.17) is 17.0 Å². The van der Waals surface area contributed by atoms with Crippen LogP contribution in [0.2, 0.25) is 5.02 Å². The van der Waals surface area contributed by atoms with Crippen molar-refractivity contribution in [1.82, 2.24) is 5.32 Å². The van der Waals surface area contributed by atoms with Gasteiger partial charge in [0.15, 0.2) is 5.71 Å². The number of carboxylic acid groups (broad SMARTS) is 1. The van der Waals surface area contributed by atoms with Gasteiger partial charge in [0, 0.05) is 16.8 Å². The van der Waals surface area contributed by atoms with Crippen molar-refractivity contribution in [3.8, 4) is 0 Å². The summed E-state index contributed by atoms with van der Waals surface area (Å²) in [5, 5.41) is 21.1. The van der Waals surface area contributed by atoms with Gasteiger partial charge < -0.3 is 15.8 Å². The first kappa shape index (κ1) is 16.7. The highest BCUT2D eigenvalue weighted by molar-refractivity contribution is 6.42. The Morgan fingerprint density at radius 2 is 1.80 bits per heavy atom. The lowest BCUT2D eigenvalue weighted by atomic mass is 10.1. The molecule has 25 heavy (non-hydrogen) atoms. The Bertz CT molecular complexity index is 913. The molecule has 2 aromatic rings. The molecule has 1 heterocycles. The van der Waals surface area contributed by atoms with Crippen molar-refractivity contribution in [1.29, 1.82) is 5.41 Å². The van der Waals surface area contributed by atoms with E-state index in [-0.39, 0.29) is 11.4 Å². The van der Waals surface area contributed by atoms with E-state index in [9.17, 15) is 9.90 Å². The molecule has 0 saturated heterocycles. The van der Waals surface area contributed by atoms with Crippen LogP contribution >= 0.6 is 11.6 Å². The zero-order valence-electron chi connectivity index (χ0n) is 13.0. The fourth-order valence-electron chi connectivity index (χ4n) is 2.30. The fourth-order valence-corrected chi connectivity index (χ4v) is 2.43. The summed E-state index contributed by atoms with van der Waals surface area (Å²) in [6, 6.07) is 16.2. The monoisotopic (exact) mass is 351 g/mol. The minimum Gasteiger partial charge on any atom is -0.477 e. The molecule has 124 valence electrons. The highest BCUT2D eigenvalue weighted by Gasteiger charge is 2.17. The number of allylic oxidation sites excluding steroid dienone is 1. The summed E-state index contributed by atoms with van der Waals surface area (Å²) in [5.41, 5.74) is 2.20. The maximum atomic E-state index is 11.4. The van der Waals surface area contributed by atoms with Crippen molar-refractivity contribution in [3.05, 3.63) is 88.7 Å². The Hall–Kier alpha value is -3.18. The summed E-state index contributed by atoms with van der Waals surface area (Å²) in [6.45, 7) is 0. The molecule has 0 amide bonds. The standard InChI is InChI=1S/C19H14ClN3O2/c20-14-8-6-13(7-9-14)16-11-17(19(24)25)23-18(22-16)10-15(21)12-4-2-1-3-5-12/h1-11,21-22H,(H,24,25)/b18-10+,21-15?. The van der Waals surface area contributed by atoms with Crippen molar-refractivity contribution in [2.24, 2.45) is 4.99 Å². The summed E-state index contributed by atoms with van der Waals surface area (Å²) >= 11 is 5.90. The SMILES string of the molecule is N=C(/C=C1/N=C(C(=O)O)C=C(c2ccc(Cl)cc2)N1)c1ccccc1. The van der Waals surface area contributed by atoms with Gasteiger partial charge in [-0.15, -0.1) is 0 Å². The van der Waals surface area contributed by atoms with Gasteiger partial charge in [-0.05, 0) is 29.3 Å². The number of hydrogen-bond donors (Lipinski definition) is 3. The molecule has 0 aliphatic carbocycles. The summed E-state index contributed by atoms with van der Waals surface area (Å²) in [5.74, 6) is -0.844. The molecule has 0 aromatic heterocycles. The lowest BCUT2D eigenvalue weighted by Crippen LogP contribution is -2.23. The van der Waals surface area contributed by atoms with E-state index < -0.39 is 5.97 Å². The Morgan fingerprint density at radius 3 is 2.44 bits per heavy atom. The van der Waals surface area contributed by atoms with Crippen molar-refractivity contribution in [3.63, 3.8) is 0 Å². The van der Waals surface area contributed by atoms with Crippen LogP contribution in [0.5, 0.6) is 0 Å². The Kier molecular flexibility index (Phi) is 4.77. The molecule has 2 aromatic carbocycles. The predicted octanol–water partition coefficient (Wildman–Crippen LogP) is 3.72. The van der Waals surface area contributed by atoms with Crippen molar-refractivity contribution < 1.29 is 9.90 Å². The Balaban J connectivity index is 1.95. The van der Waals surface area contributed by atoms with E-state index >= 15 is 0 Å². The number of halogens is 1. The first-order valence-corrected chi connectivity index (χ1v) is 7.83. The highest BCUT2D eigenvalue weighted by atomic mass is 35.5. The lowest BCUT2D eigenvalue weighted by molar-refractivity contribution is -0.129. The Labute approximate surface area is 149 Å². The van der Waals surface area contributed by atoms with Crippen LogP contribution in [-0.4, -0.2) is 22.5 Å². The summed E-state index contributed by atoms with van der Waals surface area (Å²) < 4.78 is 0. The zero-order chi connectivity index (χ0) is 17.8. The molecule has 0 saturated carbocycles. The number of aliphatic imine (C=N–C) groups is 1. The molecule has 0 unspecified atom stereocenters. The lowest BCUT2D eigenvalue weighted by Gasteiger charge is -2.17. The number of rotatable bonds is 4. The molecule has 1 aliphatic heterocycles. The normalized spacial score (nSPS) is 15.2. The van der Waals surface area contributed by atoms with E-state index in [0.717, 1.165) is 5.56 Å². The van der Waals surface area contributed by atoms with Gasteiger partial charge in [0.1, 0.15) is 5.82 Å². The summed E-state index contributed by atoms with van der Waals surface area (Å²) in [4.78, 5) is 15.4. The minimum atomic E-state index is -1.13. The number of nitrogens with one attached hydrogen (secondary N) is 2. The van der Waals surface area contributed by atoms with Gasteiger partial charge in [0.2, 0.25) is 0 Å². The molecule has 3 N–H and O–H groups in total. The van der Waals surface area contributed by atoms with Crippen molar-refractivity contribution >= 4 is 34.7 Å². The summed E-state index contributed by atoms with van der Waals surface area (Å²) in [7, 11) is 0. The van der Waals surface area contributed by atoms with E-state index in [1.807, 2.05) is 18.2 Å². The van der Waals surface area contributed by atoms with Crippen LogP contribution in [0.3, 0.4) is 0 Å². The van der Waals surface area contributed by atoms with Crippen molar-refractivity contribution in [2.45, 2.75) is 0 Å². The van der Waals surface area contributed by atoms with Crippen LogP contribution in [-0.2, 0) is 4.79 Å². The second kappa shape index (κ2) is 7.15. The second-order valence-electron chi connectivity index (χ2n) is 5.30. The number of benzene rings is 2. The third-order valence-corrected chi connectivity index (χ3v) is 3.78. The van der Waals surface area contributed by atoms with E-state index in [2.05, 4.69) is 10.3 Å². The average Bonchev–Trinajstić information content (AvgIpc) is 2.62. The van der Waals surface area contributed by atoms with Crippen molar-refractivity contribution in [2.75, 3.05) is 0 Å². The van der Waals surface area contributed by atoms with Gasteiger partial charge >= 0.3 is 5.97 Å². The fraction of sp³-hybridized carbons (Fsp3) is 0. The van der Waals surface area contributed by atoms with Crippen LogP contribution < -0.4 is 5.32 Å². The Morgan fingerprint density at radius 1 is 1.12 bits per heavy atom. The average molecular weight is 352 g/mol. The molecule has 5 nitrogen and oxygen atoms in total. The maximum absolute atomic E-state index is 11.4. The third-order valence-electron chi connectivity index (χ3n) is 3.52. The molecule has 3 rings (SSSR count). The first-order valence-electron chi connectivity index (χ1n) is 7.45. The van der Waals surface area contributed by atoms with E-state index in [0.29, 0.717) is 22.1 Å². The van der Waals surface area contributed by atoms with E-state index in [1.54, 1.807) is 36.4 Å². The van der Waals surface area contributed by atoms with Gasteiger partial charge in [0.25, 0.3) is 0 Å². The molecule has 1 aliphatic rings. The first-order chi connectivity index (χ1) is 12.0.